The van der Waals surface area contributed by atoms with E-state index in [4.69, 9.17) is 16.6 Å². The highest BCUT2D eigenvalue weighted by Gasteiger charge is 2.24. The van der Waals surface area contributed by atoms with Crippen molar-refractivity contribution in [1.82, 2.24) is 24.4 Å². The number of hydrogen-bond acceptors (Lipinski definition) is 8. The lowest BCUT2D eigenvalue weighted by atomic mass is 9.91. The first kappa shape index (κ1) is 29.0. The first-order valence-electron chi connectivity index (χ1n) is 13.6. The highest BCUT2D eigenvalue weighted by atomic mass is 35.5. The Morgan fingerprint density at radius 3 is 2.39 bits per heavy atom. The van der Waals surface area contributed by atoms with Crippen LogP contribution in [0.1, 0.15) is 45.6 Å². The number of nitrogens with zero attached hydrogens (tertiary/aromatic N) is 5. The summed E-state index contributed by atoms with van der Waals surface area (Å²) in [4.78, 5) is 29.5. The molecule has 1 saturated carbocycles. The molecule has 5 rings (SSSR count). The summed E-state index contributed by atoms with van der Waals surface area (Å²) in [5.41, 5.74) is 1.32. The van der Waals surface area contributed by atoms with Crippen molar-refractivity contribution in [2.45, 2.75) is 62.6 Å². The predicted molar refractivity (Wildman–Crippen MR) is 163 cm³/mol. The number of pyridine rings is 2. The molecule has 0 spiro atoms. The van der Waals surface area contributed by atoms with Crippen molar-refractivity contribution in [1.29, 1.82) is 0 Å². The second-order valence-electron chi connectivity index (χ2n) is 10.9. The molecule has 41 heavy (non-hydrogen) atoms. The monoisotopic (exact) mass is 595 g/mol. The normalized spacial score (nSPS) is 17.7. The van der Waals surface area contributed by atoms with Crippen LogP contribution in [0.2, 0.25) is 5.02 Å². The van der Waals surface area contributed by atoms with E-state index in [0.29, 0.717) is 34.8 Å². The van der Waals surface area contributed by atoms with Gasteiger partial charge < -0.3 is 10.2 Å². The molecule has 3 heterocycles. The van der Waals surface area contributed by atoms with Crippen LogP contribution in [0, 0.1) is 0 Å². The van der Waals surface area contributed by atoms with Gasteiger partial charge in [0.05, 0.1) is 5.02 Å². The number of sulfonamides is 1. The van der Waals surface area contributed by atoms with Gasteiger partial charge in [-0.2, -0.15) is 4.98 Å². The van der Waals surface area contributed by atoms with Crippen molar-refractivity contribution >= 4 is 44.4 Å². The number of aromatic nitrogens is 4. The molecule has 1 fully saturated rings. The van der Waals surface area contributed by atoms with Crippen LogP contribution in [-0.4, -0.2) is 59.0 Å². The maximum atomic E-state index is 13.7. The van der Waals surface area contributed by atoms with Crippen LogP contribution in [0.25, 0.3) is 22.2 Å². The van der Waals surface area contributed by atoms with Crippen molar-refractivity contribution in [3.8, 4) is 11.1 Å². The van der Waals surface area contributed by atoms with Crippen LogP contribution in [0.4, 0.5) is 11.8 Å². The molecule has 10 nitrogen and oxygen atoms in total. The minimum Gasteiger partial charge on any atom is -0.351 e. The number of fused-ring (bicyclic) bond motifs is 1. The first-order valence-corrected chi connectivity index (χ1v) is 15.5. The summed E-state index contributed by atoms with van der Waals surface area (Å²) in [6.07, 6.45) is 7.52. The van der Waals surface area contributed by atoms with Crippen molar-refractivity contribution < 1.29 is 8.42 Å². The van der Waals surface area contributed by atoms with Crippen LogP contribution in [0.15, 0.2) is 64.5 Å². The predicted octanol–water partition coefficient (Wildman–Crippen LogP) is 5.17. The zero-order valence-corrected chi connectivity index (χ0v) is 25.1. The van der Waals surface area contributed by atoms with Gasteiger partial charge >= 0.3 is 0 Å². The average molecular weight is 596 g/mol. The Labute approximate surface area is 244 Å². The third-order valence-electron chi connectivity index (χ3n) is 7.49. The number of benzene rings is 1. The smallest absolute Gasteiger partial charge is 0.264 e. The van der Waals surface area contributed by atoms with Gasteiger partial charge in [-0.1, -0.05) is 23.7 Å². The van der Waals surface area contributed by atoms with E-state index in [1.807, 2.05) is 13.8 Å². The number of anilines is 2. The number of nitrogens with one attached hydrogen (secondary N) is 2. The quantitative estimate of drug-likeness (QED) is 0.286. The highest BCUT2D eigenvalue weighted by Crippen LogP contribution is 2.27. The van der Waals surface area contributed by atoms with Gasteiger partial charge in [0.25, 0.3) is 15.6 Å². The molecule has 0 aliphatic heterocycles. The summed E-state index contributed by atoms with van der Waals surface area (Å²) in [5, 5.41) is 4.31. The third kappa shape index (κ3) is 6.22. The van der Waals surface area contributed by atoms with Gasteiger partial charge in [-0.3, -0.25) is 14.1 Å². The second kappa shape index (κ2) is 11.8. The van der Waals surface area contributed by atoms with Crippen LogP contribution in [-0.2, 0) is 10.0 Å². The van der Waals surface area contributed by atoms with Crippen LogP contribution < -0.4 is 15.6 Å². The standard InChI is InChI=1S/C29H34ClN7O3S/c1-18(2)37-27-20(17-32-29(34-27)33-21-10-12-22(13-11-21)36(3)4)15-23(28(37)38)19-9-14-26(31-16-19)35-41(39,40)25-8-6-5-7-24(25)30/h5-9,14-18,21-22H,10-13H2,1-4H3,(H,31,35)(H,32,33,34)/t21-,22-. The Morgan fingerprint density at radius 2 is 1.76 bits per heavy atom. The molecule has 4 aromatic rings. The van der Waals surface area contributed by atoms with Crippen LogP contribution >= 0.6 is 11.6 Å². The van der Waals surface area contributed by atoms with E-state index in [1.54, 1.807) is 35.0 Å². The summed E-state index contributed by atoms with van der Waals surface area (Å²) in [6, 6.07) is 11.8. The fraction of sp³-hybridized carbons (Fsp3) is 0.379. The summed E-state index contributed by atoms with van der Waals surface area (Å²) in [6.45, 7) is 3.88. The van der Waals surface area contributed by atoms with Gasteiger partial charge in [-0.25, -0.2) is 18.4 Å². The number of hydrogen-bond donors (Lipinski definition) is 2. The van der Waals surface area contributed by atoms with Crippen molar-refractivity contribution in [2.24, 2.45) is 0 Å². The maximum Gasteiger partial charge on any atom is 0.264 e. The molecule has 3 aromatic heterocycles. The Morgan fingerprint density at radius 1 is 1.02 bits per heavy atom. The van der Waals surface area contributed by atoms with Gasteiger partial charge in [0, 0.05) is 47.0 Å². The Bertz CT molecular complexity index is 1720. The molecule has 1 aliphatic rings. The largest absolute Gasteiger partial charge is 0.351 e. The lowest BCUT2D eigenvalue weighted by Crippen LogP contribution is -2.36. The van der Waals surface area contributed by atoms with E-state index in [1.165, 1.54) is 24.4 Å². The lowest BCUT2D eigenvalue weighted by molar-refractivity contribution is 0.221. The van der Waals surface area contributed by atoms with E-state index >= 15 is 0 Å². The molecule has 0 atom stereocenters. The summed E-state index contributed by atoms with van der Waals surface area (Å²) >= 11 is 6.07. The van der Waals surface area contributed by atoms with E-state index in [2.05, 4.69) is 39.0 Å². The topological polar surface area (TPSA) is 122 Å². The molecule has 2 N–H and O–H groups in total. The zero-order valence-electron chi connectivity index (χ0n) is 23.5. The van der Waals surface area contributed by atoms with Crippen LogP contribution in [0.5, 0.6) is 0 Å². The first-order chi connectivity index (χ1) is 19.5. The molecule has 1 aliphatic carbocycles. The second-order valence-corrected chi connectivity index (χ2v) is 12.9. The van der Waals surface area contributed by atoms with Crippen LogP contribution in [0.3, 0.4) is 0 Å². The van der Waals surface area contributed by atoms with Crippen molar-refractivity contribution in [3.05, 3.63) is 70.2 Å². The zero-order chi connectivity index (χ0) is 29.3. The van der Waals surface area contributed by atoms with Gasteiger partial charge in [0.2, 0.25) is 5.95 Å². The molecule has 0 bridgehead atoms. The summed E-state index contributed by atoms with van der Waals surface area (Å²) < 4.78 is 29.7. The van der Waals surface area contributed by atoms with E-state index < -0.39 is 10.0 Å². The third-order valence-corrected chi connectivity index (χ3v) is 9.34. The van der Waals surface area contributed by atoms with Gasteiger partial charge in [0.15, 0.2) is 0 Å². The Hall–Kier alpha value is -3.54. The Balaban J connectivity index is 1.41. The fourth-order valence-electron chi connectivity index (χ4n) is 5.26. The molecule has 216 valence electrons. The fourth-order valence-corrected chi connectivity index (χ4v) is 6.79. The maximum absolute atomic E-state index is 13.7. The lowest BCUT2D eigenvalue weighted by Gasteiger charge is -2.33. The SMILES string of the molecule is CC(C)n1c(=O)c(-c2ccc(NS(=O)(=O)c3ccccc3Cl)nc2)cc2cnc(N[C@H]3CC[C@H](N(C)C)CC3)nc21. The average Bonchev–Trinajstić information content (AvgIpc) is 2.93. The summed E-state index contributed by atoms with van der Waals surface area (Å²) in [5.74, 6) is 0.626. The summed E-state index contributed by atoms with van der Waals surface area (Å²) in [7, 11) is 0.314. The van der Waals surface area contributed by atoms with Crippen molar-refractivity contribution in [2.75, 3.05) is 24.1 Å². The molecule has 1 aromatic carbocycles. The number of rotatable bonds is 8. The molecule has 0 unspecified atom stereocenters. The minimum absolute atomic E-state index is 0.0444. The molecular formula is C29H34ClN7O3S. The molecule has 0 amide bonds. The van der Waals surface area contributed by atoms with E-state index in [-0.39, 0.29) is 27.3 Å². The van der Waals surface area contributed by atoms with Gasteiger partial charge in [0.1, 0.15) is 16.4 Å². The molecule has 12 heteroatoms. The minimum atomic E-state index is -3.93. The number of halogens is 1. The molecule has 0 saturated heterocycles. The van der Waals surface area contributed by atoms with E-state index in [0.717, 1.165) is 31.1 Å². The van der Waals surface area contributed by atoms with Gasteiger partial charge in [-0.05, 0) is 84.0 Å². The molecule has 0 radical (unpaired) electrons. The molecular weight excluding hydrogens is 562 g/mol. The Kier molecular flexibility index (Phi) is 8.30. The highest BCUT2D eigenvalue weighted by molar-refractivity contribution is 7.92. The van der Waals surface area contributed by atoms with Crippen molar-refractivity contribution in [3.63, 3.8) is 0 Å². The van der Waals surface area contributed by atoms with Gasteiger partial charge in [-0.15, -0.1) is 0 Å². The van der Waals surface area contributed by atoms with E-state index in [9.17, 15) is 13.2 Å².